The maximum atomic E-state index is 12.8. The van der Waals surface area contributed by atoms with E-state index in [1.165, 1.54) is 22.0 Å². The minimum Gasteiger partial charge on any atom is -0.442 e. The number of nitrogens with zero attached hydrogens (tertiary/aromatic N) is 3. The van der Waals surface area contributed by atoms with E-state index >= 15 is 0 Å². The second-order valence-electron chi connectivity index (χ2n) is 6.97. The third kappa shape index (κ3) is 5.85. The predicted octanol–water partition coefficient (Wildman–Crippen LogP) is 3.99. The van der Waals surface area contributed by atoms with Gasteiger partial charge < -0.3 is 10.1 Å². The molecule has 32 heavy (non-hydrogen) atoms. The average molecular weight is 505 g/mol. The molecule has 0 bridgehead atoms. The van der Waals surface area contributed by atoms with Crippen molar-refractivity contribution in [1.29, 1.82) is 0 Å². The van der Waals surface area contributed by atoms with Gasteiger partial charge in [0.1, 0.15) is 6.04 Å². The van der Waals surface area contributed by atoms with Crippen LogP contribution < -0.4 is 5.32 Å². The molecule has 1 atom stereocenters. The molecule has 0 spiro atoms. The zero-order valence-electron chi connectivity index (χ0n) is 16.1. The van der Waals surface area contributed by atoms with E-state index in [1.54, 1.807) is 18.2 Å². The Morgan fingerprint density at radius 3 is 2.47 bits per heavy atom. The van der Waals surface area contributed by atoms with Crippen molar-refractivity contribution in [2.75, 3.05) is 19.6 Å². The van der Waals surface area contributed by atoms with Crippen LogP contribution in [0.15, 0.2) is 30.6 Å². The normalized spacial score (nSPS) is 18.2. The topological polar surface area (TPSA) is 59.4 Å². The molecule has 1 fully saturated rings. The number of benzene rings is 1. The monoisotopic (exact) mass is 504 g/mol. The number of rotatable bonds is 5. The van der Waals surface area contributed by atoms with Gasteiger partial charge >= 0.3 is 18.3 Å². The molecule has 0 amide bonds. The van der Waals surface area contributed by atoms with Gasteiger partial charge in [0.25, 0.3) is 6.10 Å². The van der Waals surface area contributed by atoms with E-state index in [-0.39, 0.29) is 19.6 Å². The second kappa shape index (κ2) is 9.46. The van der Waals surface area contributed by atoms with Crippen molar-refractivity contribution >= 4 is 29.2 Å². The van der Waals surface area contributed by atoms with Gasteiger partial charge in [-0.25, -0.2) is 4.68 Å². The summed E-state index contributed by atoms with van der Waals surface area (Å²) in [5.41, 5.74) is 1.05. The summed E-state index contributed by atoms with van der Waals surface area (Å²) in [7, 11) is 0. The highest BCUT2D eigenvalue weighted by Crippen LogP contribution is 2.36. The summed E-state index contributed by atoms with van der Waals surface area (Å²) < 4.78 is 82.2. The van der Waals surface area contributed by atoms with Gasteiger partial charge in [0.2, 0.25) is 0 Å². The van der Waals surface area contributed by atoms with Crippen LogP contribution in [0, 0.1) is 0 Å². The van der Waals surface area contributed by atoms with Crippen LogP contribution in [0.3, 0.4) is 0 Å². The molecule has 0 radical (unpaired) electrons. The van der Waals surface area contributed by atoms with Gasteiger partial charge in [0.05, 0.1) is 16.9 Å². The van der Waals surface area contributed by atoms with Crippen molar-refractivity contribution in [3.8, 4) is 5.69 Å². The van der Waals surface area contributed by atoms with Crippen LogP contribution in [-0.4, -0.2) is 64.8 Å². The predicted molar refractivity (Wildman–Crippen MR) is 103 cm³/mol. The highest BCUT2D eigenvalue weighted by molar-refractivity contribution is 6.31. The van der Waals surface area contributed by atoms with Crippen LogP contribution in [0.4, 0.5) is 26.3 Å². The molecule has 0 aliphatic carbocycles. The number of ether oxygens (including phenoxy) is 1. The fourth-order valence-electron chi connectivity index (χ4n) is 3.22. The molecule has 176 valence electrons. The van der Waals surface area contributed by atoms with Crippen LogP contribution in [0.25, 0.3) is 5.69 Å². The van der Waals surface area contributed by atoms with Crippen molar-refractivity contribution in [2.24, 2.45) is 0 Å². The van der Waals surface area contributed by atoms with E-state index in [4.69, 9.17) is 23.2 Å². The lowest BCUT2D eigenvalue weighted by atomic mass is 10.1. The van der Waals surface area contributed by atoms with E-state index in [0.29, 0.717) is 27.8 Å². The van der Waals surface area contributed by atoms with Crippen LogP contribution in [-0.2, 0) is 16.1 Å². The van der Waals surface area contributed by atoms with Gasteiger partial charge in [0, 0.05) is 37.4 Å². The number of alkyl halides is 6. The first-order chi connectivity index (χ1) is 14.9. The second-order valence-corrected chi connectivity index (χ2v) is 7.84. The number of esters is 1. The van der Waals surface area contributed by atoms with Crippen molar-refractivity contribution in [2.45, 2.75) is 31.0 Å². The molecule has 1 unspecified atom stereocenters. The lowest BCUT2D eigenvalue weighted by Gasteiger charge is -2.36. The molecule has 1 saturated heterocycles. The molecule has 1 aliphatic rings. The molecule has 14 heteroatoms. The number of nitrogens with one attached hydrogen (secondary N) is 1. The Balaban J connectivity index is 1.84. The number of piperazine rings is 1. The SMILES string of the molecule is O=C(OC(C(F)(F)F)C(F)(F)F)C1CNCCN1Cc1ccc(Cl)cc1-n1cc(Cl)cn1. The lowest BCUT2D eigenvalue weighted by molar-refractivity contribution is -0.314. The van der Waals surface area contributed by atoms with Gasteiger partial charge in [-0.2, -0.15) is 31.4 Å². The van der Waals surface area contributed by atoms with E-state index in [9.17, 15) is 31.1 Å². The molecular formula is C18H16Cl2F6N4O2. The van der Waals surface area contributed by atoms with E-state index in [1.807, 2.05) is 0 Å². The maximum Gasteiger partial charge on any atom is 0.434 e. The average Bonchev–Trinajstić information content (AvgIpc) is 3.12. The Bertz CT molecular complexity index is 952. The van der Waals surface area contributed by atoms with Crippen molar-refractivity contribution in [3.05, 3.63) is 46.2 Å². The highest BCUT2D eigenvalue weighted by Gasteiger charge is 2.60. The van der Waals surface area contributed by atoms with Crippen LogP contribution in [0.2, 0.25) is 10.0 Å². The van der Waals surface area contributed by atoms with Gasteiger partial charge in [0.15, 0.2) is 0 Å². The van der Waals surface area contributed by atoms with Crippen molar-refractivity contribution in [1.82, 2.24) is 20.0 Å². The molecule has 2 aromatic rings. The Hall–Kier alpha value is -2.02. The zero-order valence-corrected chi connectivity index (χ0v) is 17.6. The van der Waals surface area contributed by atoms with E-state index in [2.05, 4.69) is 15.2 Å². The highest BCUT2D eigenvalue weighted by atomic mass is 35.5. The van der Waals surface area contributed by atoms with Gasteiger partial charge in [-0.3, -0.25) is 9.69 Å². The van der Waals surface area contributed by atoms with Gasteiger partial charge in [-0.05, 0) is 17.7 Å². The zero-order chi connectivity index (χ0) is 23.7. The van der Waals surface area contributed by atoms with Crippen LogP contribution in [0.5, 0.6) is 0 Å². The number of hydrogen-bond acceptors (Lipinski definition) is 5. The summed E-state index contributed by atoms with van der Waals surface area (Å²) in [5, 5.41) is 7.57. The minimum absolute atomic E-state index is 0.00807. The first-order valence-corrected chi connectivity index (χ1v) is 9.89. The number of hydrogen-bond donors (Lipinski definition) is 1. The smallest absolute Gasteiger partial charge is 0.434 e. The molecule has 1 aromatic carbocycles. The van der Waals surface area contributed by atoms with Crippen LogP contribution in [0.1, 0.15) is 5.56 Å². The number of halogens is 8. The number of carbonyl (C=O) groups is 1. The fourth-order valence-corrected chi connectivity index (χ4v) is 3.52. The van der Waals surface area contributed by atoms with Gasteiger partial charge in [-0.15, -0.1) is 0 Å². The Labute approximate surface area is 188 Å². The summed E-state index contributed by atoms with van der Waals surface area (Å²) in [6, 6.07) is 3.37. The third-order valence-electron chi connectivity index (χ3n) is 4.67. The molecule has 0 saturated carbocycles. The molecular weight excluding hydrogens is 489 g/mol. The molecule has 1 aliphatic heterocycles. The van der Waals surface area contributed by atoms with Crippen molar-refractivity contribution in [3.63, 3.8) is 0 Å². The van der Waals surface area contributed by atoms with Crippen LogP contribution >= 0.6 is 23.2 Å². The first-order valence-electron chi connectivity index (χ1n) is 9.14. The Morgan fingerprint density at radius 2 is 1.88 bits per heavy atom. The standard InChI is InChI=1S/C18H16Cl2F6N4O2/c19-11-2-1-10(13(5-11)30-9-12(20)6-28-30)8-29-4-3-27-7-14(29)15(31)32-16(17(21,22)23)18(24,25)26/h1-2,5-6,9,14,16,27H,3-4,7-8H2. The fraction of sp³-hybridized carbons (Fsp3) is 0.444. The van der Waals surface area contributed by atoms with Gasteiger partial charge in [-0.1, -0.05) is 29.3 Å². The largest absolute Gasteiger partial charge is 0.442 e. The molecule has 2 heterocycles. The molecule has 1 N–H and O–H groups in total. The van der Waals surface area contributed by atoms with E-state index < -0.39 is 30.5 Å². The van der Waals surface area contributed by atoms with E-state index in [0.717, 1.165) is 0 Å². The quantitative estimate of drug-likeness (QED) is 0.492. The summed E-state index contributed by atoms with van der Waals surface area (Å²) in [4.78, 5) is 13.8. The van der Waals surface area contributed by atoms with Crippen molar-refractivity contribution < 1.29 is 35.9 Å². The minimum atomic E-state index is -5.79. The Morgan fingerprint density at radius 1 is 1.19 bits per heavy atom. The summed E-state index contributed by atoms with van der Waals surface area (Å²) in [5.74, 6) is -1.63. The molecule has 1 aromatic heterocycles. The first kappa shape index (κ1) is 24.6. The molecule has 3 rings (SSSR count). The molecule has 6 nitrogen and oxygen atoms in total. The third-order valence-corrected chi connectivity index (χ3v) is 5.10. The summed E-state index contributed by atoms with van der Waals surface area (Å²) in [6.45, 7) is 0.360. The maximum absolute atomic E-state index is 12.8. The number of carbonyl (C=O) groups excluding carboxylic acids is 1. The lowest BCUT2D eigenvalue weighted by Crippen LogP contribution is -2.57. The number of aromatic nitrogens is 2. The summed E-state index contributed by atoms with van der Waals surface area (Å²) in [6.07, 6.45) is -12.9. The summed E-state index contributed by atoms with van der Waals surface area (Å²) >= 11 is 12.0. The Kier molecular flexibility index (Phi) is 7.28.